The quantitative estimate of drug-likeness (QED) is 0.108. The average Bonchev–Trinajstić information content (AvgIpc) is 2.92. The van der Waals surface area contributed by atoms with Crippen molar-refractivity contribution < 1.29 is 29.1 Å². The Hall–Kier alpha value is -4.45. The minimum atomic E-state index is -0.966. The van der Waals surface area contributed by atoms with Gasteiger partial charge in [0.25, 0.3) is 0 Å². The van der Waals surface area contributed by atoms with E-state index in [0.29, 0.717) is 12.8 Å². The monoisotopic (exact) mass is 568 g/mol. The molecule has 0 spiro atoms. The normalized spacial score (nSPS) is 13.7. The molecule has 5 amide bonds. The first kappa shape index (κ1) is 32.8. The van der Waals surface area contributed by atoms with E-state index in [1.807, 2.05) is 44.2 Å². The van der Waals surface area contributed by atoms with Gasteiger partial charge in [-0.05, 0) is 48.9 Å². The number of benzene rings is 2. The summed E-state index contributed by atoms with van der Waals surface area (Å²) >= 11 is 0. The lowest BCUT2D eigenvalue weighted by Crippen LogP contribution is -2.56. The van der Waals surface area contributed by atoms with Crippen LogP contribution >= 0.6 is 0 Å². The molecule has 12 nitrogen and oxygen atoms in total. The van der Waals surface area contributed by atoms with Crippen molar-refractivity contribution in [3.05, 3.63) is 65.7 Å². The van der Waals surface area contributed by atoms with Crippen LogP contribution in [0.15, 0.2) is 54.6 Å². The number of hydrogen-bond donors (Lipinski definition) is 7. The second kappa shape index (κ2) is 16.6. The predicted molar refractivity (Wildman–Crippen MR) is 153 cm³/mol. The number of phenols is 1. The number of hydrogen-bond acceptors (Lipinski definition) is 7. The smallest absolute Gasteiger partial charge is 0.244 e. The lowest BCUT2D eigenvalue weighted by molar-refractivity contribution is -0.130. The molecule has 8 N–H and O–H groups in total. The van der Waals surface area contributed by atoms with Crippen molar-refractivity contribution in [3.63, 3.8) is 0 Å². The van der Waals surface area contributed by atoms with E-state index in [4.69, 9.17) is 5.73 Å². The summed E-state index contributed by atoms with van der Waals surface area (Å²) in [6.07, 6.45) is 0.541. The van der Waals surface area contributed by atoms with Gasteiger partial charge in [0.15, 0.2) is 0 Å². The van der Waals surface area contributed by atoms with Crippen LogP contribution in [0, 0.1) is 5.92 Å². The molecule has 0 aliphatic rings. The Morgan fingerprint density at radius 1 is 0.829 bits per heavy atom. The first-order valence-electron chi connectivity index (χ1n) is 13.4. The van der Waals surface area contributed by atoms with Crippen molar-refractivity contribution in [2.75, 3.05) is 6.54 Å². The van der Waals surface area contributed by atoms with Gasteiger partial charge in [-0.1, -0.05) is 56.3 Å². The number of rotatable bonds is 16. The fourth-order valence-corrected chi connectivity index (χ4v) is 4.00. The Balaban J connectivity index is 1.92. The van der Waals surface area contributed by atoms with Gasteiger partial charge in [-0.15, -0.1) is 0 Å². The zero-order valence-electron chi connectivity index (χ0n) is 23.6. The lowest BCUT2D eigenvalue weighted by Gasteiger charge is -2.25. The van der Waals surface area contributed by atoms with Gasteiger partial charge in [0.05, 0.1) is 12.6 Å². The summed E-state index contributed by atoms with van der Waals surface area (Å²) < 4.78 is 0. The molecule has 0 aliphatic heterocycles. The molecule has 0 heterocycles. The van der Waals surface area contributed by atoms with E-state index in [1.165, 1.54) is 19.1 Å². The molecule has 0 aliphatic carbocycles. The fourth-order valence-electron chi connectivity index (χ4n) is 4.00. The maximum atomic E-state index is 12.9. The van der Waals surface area contributed by atoms with Gasteiger partial charge in [0.2, 0.25) is 30.0 Å². The van der Waals surface area contributed by atoms with Gasteiger partial charge in [0, 0.05) is 6.42 Å². The molecule has 0 aromatic heterocycles. The summed E-state index contributed by atoms with van der Waals surface area (Å²) in [6.45, 7) is 4.91. The van der Waals surface area contributed by atoms with E-state index < -0.39 is 54.5 Å². The van der Waals surface area contributed by atoms with Gasteiger partial charge in [-0.25, -0.2) is 0 Å². The maximum Gasteiger partial charge on any atom is 0.244 e. The summed E-state index contributed by atoms with van der Waals surface area (Å²) in [5, 5.41) is 22.4. The van der Waals surface area contributed by atoms with Crippen LogP contribution < -0.4 is 32.3 Å². The molecule has 0 radical (unpaired) electrons. The molecular formula is C29H40N6O6. The standard InChI is InChI=1S/C29H40N6O6/c1-18(2)13-24(32-17-36)29(41)35-25(15-20-7-5-4-6-8-20)34-26(38)16-31-27(39)19(3)33-28(40)23(30)14-21-9-11-22(37)12-10-21/h4-12,17-19,23-25,37H,13-16,30H2,1-3H3,(H,31,39)(H,32,36)(H,33,40)(H,34,38)(H,35,41)/t19-,23-,24+,25-/m1/s1. The third-order valence-corrected chi connectivity index (χ3v) is 6.13. The third-order valence-electron chi connectivity index (χ3n) is 6.13. The van der Waals surface area contributed by atoms with Gasteiger partial charge in [0.1, 0.15) is 24.0 Å². The first-order valence-corrected chi connectivity index (χ1v) is 13.4. The highest BCUT2D eigenvalue weighted by atomic mass is 16.3. The van der Waals surface area contributed by atoms with E-state index in [1.54, 1.807) is 12.1 Å². The highest BCUT2D eigenvalue weighted by Crippen LogP contribution is 2.11. The van der Waals surface area contributed by atoms with Crippen LogP contribution in [0.25, 0.3) is 0 Å². The van der Waals surface area contributed by atoms with Crippen LogP contribution in [0.4, 0.5) is 0 Å². The Kier molecular flexibility index (Phi) is 13.3. The number of nitrogens with two attached hydrogens (primary N) is 1. The van der Waals surface area contributed by atoms with Crippen molar-refractivity contribution in [1.82, 2.24) is 26.6 Å². The second-order valence-corrected chi connectivity index (χ2v) is 10.2. The molecule has 2 aromatic rings. The average molecular weight is 569 g/mol. The number of aromatic hydroxyl groups is 1. The minimum absolute atomic E-state index is 0.0973. The van der Waals surface area contributed by atoms with Crippen molar-refractivity contribution in [3.8, 4) is 5.75 Å². The molecule has 0 unspecified atom stereocenters. The summed E-state index contributed by atoms with van der Waals surface area (Å²) in [6, 6.07) is 12.8. The van der Waals surface area contributed by atoms with Crippen LogP contribution in [-0.4, -0.2) is 66.0 Å². The SMILES string of the molecule is CC(C)C[C@H](NC=O)C(=O)N[C@H](Cc1ccccc1)NC(=O)CNC(=O)[C@@H](C)NC(=O)[C@H](N)Cc1ccc(O)cc1. The maximum absolute atomic E-state index is 12.9. The van der Waals surface area contributed by atoms with Crippen molar-refractivity contribution >= 4 is 30.0 Å². The van der Waals surface area contributed by atoms with Crippen molar-refractivity contribution in [1.29, 1.82) is 0 Å². The van der Waals surface area contributed by atoms with Gasteiger partial charge in [-0.2, -0.15) is 0 Å². The van der Waals surface area contributed by atoms with Crippen LogP contribution in [0.3, 0.4) is 0 Å². The molecular weight excluding hydrogens is 528 g/mol. The summed E-state index contributed by atoms with van der Waals surface area (Å²) in [7, 11) is 0. The van der Waals surface area contributed by atoms with Crippen molar-refractivity contribution in [2.24, 2.45) is 11.7 Å². The largest absolute Gasteiger partial charge is 0.508 e. The number of carbonyl (C=O) groups excluding carboxylic acids is 5. The Morgan fingerprint density at radius 2 is 1.46 bits per heavy atom. The zero-order valence-corrected chi connectivity index (χ0v) is 23.6. The molecule has 0 fully saturated rings. The summed E-state index contributed by atoms with van der Waals surface area (Å²) in [5.74, 6) is -1.92. The van der Waals surface area contributed by atoms with Gasteiger partial charge in [-0.3, -0.25) is 24.0 Å². The summed E-state index contributed by atoms with van der Waals surface area (Å²) in [4.78, 5) is 61.6. The predicted octanol–water partition coefficient (Wildman–Crippen LogP) is -0.155. The number of carbonyl (C=O) groups is 5. The molecule has 0 saturated carbocycles. The number of phenolic OH excluding ortho intramolecular Hbond substituents is 1. The Bertz CT molecular complexity index is 1160. The van der Waals surface area contributed by atoms with E-state index in [9.17, 15) is 29.1 Å². The molecule has 41 heavy (non-hydrogen) atoms. The van der Waals surface area contributed by atoms with Gasteiger partial charge < -0.3 is 37.4 Å². The van der Waals surface area contributed by atoms with Crippen LogP contribution in [0.2, 0.25) is 0 Å². The highest BCUT2D eigenvalue weighted by Gasteiger charge is 2.24. The number of amides is 5. The topological polar surface area (TPSA) is 192 Å². The first-order chi connectivity index (χ1) is 19.5. The Morgan fingerprint density at radius 3 is 2.07 bits per heavy atom. The highest BCUT2D eigenvalue weighted by molar-refractivity contribution is 5.92. The lowest BCUT2D eigenvalue weighted by atomic mass is 10.0. The van der Waals surface area contributed by atoms with Gasteiger partial charge >= 0.3 is 0 Å². The van der Waals surface area contributed by atoms with Crippen LogP contribution in [0.1, 0.15) is 38.3 Å². The van der Waals surface area contributed by atoms with E-state index in [2.05, 4.69) is 26.6 Å². The van der Waals surface area contributed by atoms with Crippen LogP contribution in [0.5, 0.6) is 5.75 Å². The third kappa shape index (κ3) is 12.1. The zero-order chi connectivity index (χ0) is 30.4. The number of nitrogens with one attached hydrogen (secondary N) is 5. The Labute approximate surface area is 239 Å². The molecule has 2 aromatic carbocycles. The second-order valence-electron chi connectivity index (χ2n) is 10.2. The molecule has 4 atom stereocenters. The molecule has 0 saturated heterocycles. The molecule has 0 bridgehead atoms. The molecule has 222 valence electrons. The van der Waals surface area contributed by atoms with Crippen molar-refractivity contribution in [2.45, 2.75) is 64.3 Å². The van der Waals surface area contributed by atoms with E-state index in [-0.39, 0.29) is 24.5 Å². The van der Waals surface area contributed by atoms with E-state index in [0.717, 1.165) is 11.1 Å². The van der Waals surface area contributed by atoms with E-state index >= 15 is 0 Å². The molecule has 12 heteroatoms. The molecule has 2 rings (SSSR count). The summed E-state index contributed by atoms with van der Waals surface area (Å²) in [5.41, 5.74) is 7.55. The van der Waals surface area contributed by atoms with Crippen LogP contribution in [-0.2, 0) is 36.8 Å². The minimum Gasteiger partial charge on any atom is -0.508 e. The fraction of sp³-hybridized carbons (Fsp3) is 0.414.